The van der Waals surface area contributed by atoms with Crippen LogP contribution < -0.4 is 0 Å². The lowest BCUT2D eigenvalue weighted by Gasteiger charge is -2.21. The van der Waals surface area contributed by atoms with Gasteiger partial charge in [0, 0.05) is 19.3 Å². The van der Waals surface area contributed by atoms with Gasteiger partial charge in [-0.2, -0.15) is 0 Å². The van der Waals surface area contributed by atoms with Crippen LogP contribution >= 0.6 is 15.6 Å². The van der Waals surface area contributed by atoms with Gasteiger partial charge < -0.3 is 34.2 Å². The van der Waals surface area contributed by atoms with Crippen molar-refractivity contribution in [2.45, 2.75) is 334 Å². The van der Waals surface area contributed by atoms with Crippen molar-refractivity contribution in [3.05, 3.63) is 170 Å². The standard InChI is InChI=1S/C89H148O16P2/c1-4-7-10-13-16-19-22-25-28-31-33-34-35-36-37-38-39-40-41-42-43-44-45-46-47-48-50-53-54-57-60-63-66-69-72-75-87(92)99-78-84(90)79-101-106(95,96)102-80-85(91)81-103-107(97,98)104-83-86(105-89(94)77-74-71-68-65-62-59-56-51-30-27-24-21-18-15-12-9-6-3)82-100-88(93)76-73-70-67-64-61-58-55-52-49-32-29-26-23-20-17-14-11-8-5-2/h8-9,11-12,16-21,25-30,33-34,36-37,49,52,56,58-59,61,67,70,84-86,90-91H,4-7,10,13-15,22-24,31-32,35,38-48,50-51,53-55,57,60,62-66,68-69,71-83H2,1-3H3,(H,95,96)(H,97,98)/b11-8-,12-9-,19-16-,20-17-,21-18-,28-25-,29-26-,30-27-,34-33-,37-36-,52-49-,59-56-,61-58-,70-67-. The molecule has 5 atom stereocenters. The second kappa shape index (κ2) is 80.4. The van der Waals surface area contributed by atoms with E-state index in [0.29, 0.717) is 25.7 Å². The van der Waals surface area contributed by atoms with Gasteiger partial charge in [0.25, 0.3) is 0 Å². The SMILES string of the molecule is CC/C=C\C/C=C\C/C=C\C/C=C\C/C=C\C/C=C\CCC(=O)OCC(COP(=O)(O)OCC(O)COP(=O)(O)OCC(O)COC(=O)CCCCCCCCCCCCCCCCCCCCC/C=C\C/C=C\C/C=C\C/C=C\CCCCC)OC(=O)CCCCCC/C=C\C/C=C\C/C=C\C/C=C\CC. The summed E-state index contributed by atoms with van der Waals surface area (Å²) in [5.74, 6) is -1.71. The molecule has 0 aliphatic carbocycles. The van der Waals surface area contributed by atoms with Crippen molar-refractivity contribution in [2.75, 3.05) is 39.6 Å². The second-order valence-electron chi connectivity index (χ2n) is 27.2. The van der Waals surface area contributed by atoms with Crippen molar-refractivity contribution in [1.82, 2.24) is 0 Å². The van der Waals surface area contributed by atoms with E-state index in [1.165, 1.54) is 128 Å². The number of aliphatic hydroxyl groups excluding tert-OH is 2. The first-order valence-electron chi connectivity index (χ1n) is 41.4. The third kappa shape index (κ3) is 81.7. The maximum atomic E-state index is 13.0. The molecule has 16 nitrogen and oxygen atoms in total. The molecular weight excluding hydrogens is 1390 g/mol. The number of carbonyl (C=O) groups is 3. The Balaban J connectivity index is 4.49. The average Bonchev–Trinajstić information content (AvgIpc) is 0.923. The van der Waals surface area contributed by atoms with Crippen molar-refractivity contribution in [1.29, 1.82) is 0 Å². The highest BCUT2D eigenvalue weighted by atomic mass is 31.2. The van der Waals surface area contributed by atoms with E-state index >= 15 is 0 Å². The highest BCUT2D eigenvalue weighted by molar-refractivity contribution is 7.47. The highest BCUT2D eigenvalue weighted by Gasteiger charge is 2.29. The number of aliphatic hydroxyl groups is 2. The van der Waals surface area contributed by atoms with Crippen LogP contribution in [-0.2, 0) is 55.8 Å². The molecule has 0 radical (unpaired) electrons. The van der Waals surface area contributed by atoms with Gasteiger partial charge in [-0.15, -0.1) is 0 Å². The number of hydrogen-bond acceptors (Lipinski definition) is 14. The number of allylic oxidation sites excluding steroid dienone is 28. The van der Waals surface area contributed by atoms with Gasteiger partial charge in [-0.3, -0.25) is 32.5 Å². The fourth-order valence-electron chi connectivity index (χ4n) is 10.7. The van der Waals surface area contributed by atoms with Gasteiger partial charge in [-0.1, -0.05) is 326 Å². The zero-order valence-electron chi connectivity index (χ0n) is 66.7. The minimum atomic E-state index is -4.96. The second-order valence-corrected chi connectivity index (χ2v) is 30.1. The number of esters is 3. The van der Waals surface area contributed by atoms with E-state index in [1.54, 1.807) is 0 Å². The maximum absolute atomic E-state index is 13.0. The van der Waals surface area contributed by atoms with Gasteiger partial charge >= 0.3 is 33.6 Å². The van der Waals surface area contributed by atoms with Crippen molar-refractivity contribution in [3.8, 4) is 0 Å². The Hall–Kier alpha value is -5.09. The Morgan fingerprint density at radius 2 is 0.514 bits per heavy atom. The molecule has 0 rings (SSSR count). The minimum absolute atomic E-state index is 0.0337. The molecule has 0 saturated carbocycles. The molecule has 610 valence electrons. The topological polar surface area (TPSA) is 231 Å². The number of phosphoric acid groups is 2. The molecule has 18 heteroatoms. The fourth-order valence-corrected chi connectivity index (χ4v) is 12.3. The van der Waals surface area contributed by atoms with Crippen LogP contribution in [0.5, 0.6) is 0 Å². The van der Waals surface area contributed by atoms with Crippen LogP contribution in [-0.4, -0.2) is 95.9 Å². The van der Waals surface area contributed by atoms with Crippen molar-refractivity contribution < 1.29 is 75.8 Å². The summed E-state index contributed by atoms with van der Waals surface area (Å²) < 4.78 is 61.1. The van der Waals surface area contributed by atoms with E-state index in [-0.39, 0.29) is 19.3 Å². The van der Waals surface area contributed by atoms with E-state index in [0.717, 1.165) is 122 Å². The molecule has 4 N–H and O–H groups in total. The van der Waals surface area contributed by atoms with Crippen LogP contribution in [0, 0.1) is 0 Å². The van der Waals surface area contributed by atoms with Crippen molar-refractivity contribution in [2.24, 2.45) is 0 Å². The zero-order valence-corrected chi connectivity index (χ0v) is 68.5. The van der Waals surface area contributed by atoms with E-state index in [4.69, 9.17) is 32.3 Å². The third-order valence-electron chi connectivity index (χ3n) is 16.9. The number of carbonyl (C=O) groups excluding carboxylic acids is 3. The van der Waals surface area contributed by atoms with Crippen molar-refractivity contribution >= 4 is 33.6 Å². The van der Waals surface area contributed by atoms with Gasteiger partial charge in [0.1, 0.15) is 25.4 Å². The largest absolute Gasteiger partial charge is 0.472 e. The van der Waals surface area contributed by atoms with E-state index in [2.05, 4.69) is 173 Å². The first-order chi connectivity index (χ1) is 52.2. The molecule has 107 heavy (non-hydrogen) atoms. The Morgan fingerprint density at radius 1 is 0.271 bits per heavy atom. The van der Waals surface area contributed by atoms with Crippen molar-refractivity contribution in [3.63, 3.8) is 0 Å². The van der Waals surface area contributed by atoms with Gasteiger partial charge in [0.05, 0.1) is 26.4 Å². The lowest BCUT2D eigenvalue weighted by molar-refractivity contribution is -0.161. The summed E-state index contributed by atoms with van der Waals surface area (Å²) in [6.07, 6.45) is 103. The van der Waals surface area contributed by atoms with Crippen LogP contribution in [0.1, 0.15) is 316 Å². The van der Waals surface area contributed by atoms with Crippen LogP contribution in [0.25, 0.3) is 0 Å². The Labute approximate surface area is 650 Å². The predicted molar refractivity (Wildman–Crippen MR) is 445 cm³/mol. The summed E-state index contributed by atoms with van der Waals surface area (Å²) >= 11 is 0. The lowest BCUT2D eigenvalue weighted by atomic mass is 10.0. The molecule has 0 aliphatic heterocycles. The molecule has 0 amide bonds. The number of unbranched alkanes of at least 4 members (excludes halogenated alkanes) is 26. The molecule has 0 aliphatic rings. The Morgan fingerprint density at radius 3 is 0.841 bits per heavy atom. The van der Waals surface area contributed by atoms with Crippen LogP contribution in [0.4, 0.5) is 0 Å². The summed E-state index contributed by atoms with van der Waals surface area (Å²) in [7, 11) is -9.83. The molecule has 5 unspecified atom stereocenters. The molecule has 0 bridgehead atoms. The van der Waals surface area contributed by atoms with Crippen LogP contribution in [0.3, 0.4) is 0 Å². The third-order valence-corrected chi connectivity index (χ3v) is 18.8. The maximum Gasteiger partial charge on any atom is 0.472 e. The molecular formula is C89H148O16P2. The normalized spacial score (nSPS) is 14.8. The fraction of sp³-hybridized carbons (Fsp3) is 0.652. The summed E-state index contributed by atoms with van der Waals surface area (Å²) in [5.41, 5.74) is 0. The molecule has 0 aromatic carbocycles. The molecule has 0 aromatic rings. The smallest absolute Gasteiger partial charge is 0.463 e. The highest BCUT2D eigenvalue weighted by Crippen LogP contribution is 2.45. The predicted octanol–water partition coefficient (Wildman–Crippen LogP) is 24.8. The van der Waals surface area contributed by atoms with E-state index in [1.807, 2.05) is 18.2 Å². The molecule has 0 heterocycles. The molecule has 0 fully saturated rings. The number of phosphoric ester groups is 2. The van der Waals surface area contributed by atoms with Gasteiger partial charge in [-0.05, 0) is 141 Å². The summed E-state index contributed by atoms with van der Waals surface area (Å²) in [6.45, 7) is 2.30. The summed E-state index contributed by atoms with van der Waals surface area (Å²) in [5, 5.41) is 20.7. The monoisotopic (exact) mass is 1540 g/mol. The first-order valence-corrected chi connectivity index (χ1v) is 44.4. The number of hydrogen-bond donors (Lipinski definition) is 4. The molecule has 0 saturated heterocycles. The summed E-state index contributed by atoms with van der Waals surface area (Å²) in [4.78, 5) is 58.6. The van der Waals surface area contributed by atoms with E-state index in [9.17, 15) is 43.5 Å². The first kappa shape index (κ1) is 102. The quantitative estimate of drug-likeness (QED) is 0.0146. The summed E-state index contributed by atoms with van der Waals surface area (Å²) in [6, 6.07) is 0. The van der Waals surface area contributed by atoms with Gasteiger partial charge in [0.2, 0.25) is 0 Å². The van der Waals surface area contributed by atoms with E-state index < -0.39 is 91.5 Å². The lowest BCUT2D eigenvalue weighted by Crippen LogP contribution is -2.30. The van der Waals surface area contributed by atoms with Gasteiger partial charge in [-0.25, -0.2) is 9.13 Å². The Bertz CT molecular complexity index is 2620. The minimum Gasteiger partial charge on any atom is -0.463 e. The van der Waals surface area contributed by atoms with Crippen LogP contribution in [0.15, 0.2) is 170 Å². The number of rotatable bonds is 77. The van der Waals surface area contributed by atoms with Gasteiger partial charge in [0.15, 0.2) is 6.10 Å². The average molecular weight is 1540 g/mol. The number of ether oxygens (including phenoxy) is 3. The molecule has 0 spiro atoms. The zero-order chi connectivity index (χ0) is 78.0. The van der Waals surface area contributed by atoms with Crippen LogP contribution in [0.2, 0.25) is 0 Å². The molecule has 0 aromatic heterocycles. The Kier molecular flexibility index (Phi) is 76.6.